The average molecular weight is 379 g/mol. The largest absolute Gasteiger partial charge is 0.497 e. The maximum absolute atomic E-state index is 10.5. The summed E-state index contributed by atoms with van der Waals surface area (Å²) in [5.41, 5.74) is 0.858. The van der Waals surface area contributed by atoms with Crippen molar-refractivity contribution in [2.24, 2.45) is 11.8 Å². The molecule has 1 saturated carbocycles. The van der Waals surface area contributed by atoms with Crippen molar-refractivity contribution in [1.29, 1.82) is 0 Å². The molecule has 152 valence electrons. The van der Waals surface area contributed by atoms with Gasteiger partial charge < -0.3 is 20.1 Å². The monoisotopic (exact) mass is 378 g/mol. The van der Waals surface area contributed by atoms with E-state index < -0.39 is 12.1 Å². The number of carbonyl (C=O) groups is 1. The molecule has 2 unspecified atom stereocenters. The molecule has 1 aromatic rings. The first-order valence-electron chi connectivity index (χ1n) is 10.2. The van der Waals surface area contributed by atoms with E-state index in [0.717, 1.165) is 62.7 Å². The van der Waals surface area contributed by atoms with Gasteiger partial charge >= 0.3 is 5.97 Å². The Kier molecular flexibility index (Phi) is 9.08. The fourth-order valence-corrected chi connectivity index (χ4v) is 4.32. The highest BCUT2D eigenvalue weighted by Crippen LogP contribution is 2.40. The molecule has 1 aliphatic carbocycles. The third-order valence-corrected chi connectivity index (χ3v) is 5.90. The number of hydrogen-bond donors (Lipinski definition) is 3. The number of hydrogen-bond acceptors (Lipinski definition) is 4. The predicted octanol–water partition coefficient (Wildman–Crippen LogP) is 4.32. The number of aliphatic carboxylic acids is 1. The van der Waals surface area contributed by atoms with Gasteiger partial charge in [0.2, 0.25) is 0 Å². The van der Waals surface area contributed by atoms with Gasteiger partial charge in [-0.1, -0.05) is 37.8 Å². The van der Waals surface area contributed by atoms with Crippen LogP contribution in [0.2, 0.25) is 0 Å². The first kappa shape index (κ1) is 21.7. The SMILES string of the molecule is COc1cccc(C(O)CC[C@@H]2C(CCCCCCC(=O)O)CC[C@H]2O)c1. The minimum absolute atomic E-state index is 0.254. The standard InChI is InChI=1S/C22H34O5/c1-27-18-9-6-8-17(15-18)20(23)14-12-19-16(11-13-21(19)24)7-4-2-3-5-10-22(25)26/h6,8-9,15-16,19-21,23-24H,2-5,7,10-14H2,1H3,(H,25,26)/t16?,19-,20?,21-/m1/s1. The van der Waals surface area contributed by atoms with Crippen molar-refractivity contribution in [2.75, 3.05) is 7.11 Å². The van der Waals surface area contributed by atoms with Crippen molar-refractivity contribution >= 4 is 5.97 Å². The fraction of sp³-hybridized carbons (Fsp3) is 0.682. The van der Waals surface area contributed by atoms with Crippen LogP contribution < -0.4 is 4.74 Å². The van der Waals surface area contributed by atoms with Gasteiger partial charge in [-0.3, -0.25) is 4.79 Å². The highest BCUT2D eigenvalue weighted by atomic mass is 16.5. The summed E-state index contributed by atoms with van der Waals surface area (Å²) in [6, 6.07) is 7.52. The third-order valence-electron chi connectivity index (χ3n) is 5.90. The Balaban J connectivity index is 1.74. The average Bonchev–Trinajstić information content (AvgIpc) is 3.02. The van der Waals surface area contributed by atoms with E-state index >= 15 is 0 Å². The highest BCUT2D eigenvalue weighted by Gasteiger charge is 2.34. The van der Waals surface area contributed by atoms with E-state index in [9.17, 15) is 15.0 Å². The smallest absolute Gasteiger partial charge is 0.303 e. The number of carboxylic acid groups (broad SMARTS) is 1. The number of benzene rings is 1. The van der Waals surface area contributed by atoms with Crippen LogP contribution in [0.3, 0.4) is 0 Å². The molecule has 2 rings (SSSR count). The fourth-order valence-electron chi connectivity index (χ4n) is 4.32. The van der Waals surface area contributed by atoms with Crippen molar-refractivity contribution < 1.29 is 24.9 Å². The zero-order chi connectivity index (χ0) is 19.6. The lowest BCUT2D eigenvalue weighted by atomic mass is 9.85. The van der Waals surface area contributed by atoms with E-state index in [1.807, 2.05) is 24.3 Å². The molecule has 0 aliphatic heterocycles. The zero-order valence-corrected chi connectivity index (χ0v) is 16.3. The molecule has 0 amide bonds. The van der Waals surface area contributed by atoms with Gasteiger partial charge in [-0.15, -0.1) is 0 Å². The third kappa shape index (κ3) is 7.15. The van der Waals surface area contributed by atoms with Crippen LogP contribution >= 0.6 is 0 Å². The molecule has 5 nitrogen and oxygen atoms in total. The molecule has 0 radical (unpaired) electrons. The minimum Gasteiger partial charge on any atom is -0.497 e. The van der Waals surface area contributed by atoms with E-state index in [4.69, 9.17) is 9.84 Å². The van der Waals surface area contributed by atoms with Crippen LogP contribution in [0.4, 0.5) is 0 Å². The number of rotatable bonds is 12. The highest BCUT2D eigenvalue weighted by molar-refractivity contribution is 5.66. The minimum atomic E-state index is -0.719. The lowest BCUT2D eigenvalue weighted by Gasteiger charge is -2.23. The molecular weight excluding hydrogens is 344 g/mol. The van der Waals surface area contributed by atoms with Gasteiger partial charge in [0.15, 0.2) is 0 Å². The number of aliphatic hydroxyl groups excluding tert-OH is 2. The van der Waals surface area contributed by atoms with Gasteiger partial charge in [-0.25, -0.2) is 0 Å². The number of methoxy groups -OCH3 is 1. The number of ether oxygens (including phenoxy) is 1. The van der Waals surface area contributed by atoms with Crippen LogP contribution in [0.15, 0.2) is 24.3 Å². The summed E-state index contributed by atoms with van der Waals surface area (Å²) < 4.78 is 5.22. The van der Waals surface area contributed by atoms with Gasteiger partial charge in [0.05, 0.1) is 19.3 Å². The summed E-state index contributed by atoms with van der Waals surface area (Å²) >= 11 is 0. The van der Waals surface area contributed by atoms with Crippen LogP contribution in [0.25, 0.3) is 0 Å². The maximum Gasteiger partial charge on any atom is 0.303 e. The molecule has 1 aromatic carbocycles. The molecule has 5 heteroatoms. The molecule has 4 atom stereocenters. The van der Waals surface area contributed by atoms with Crippen LogP contribution in [-0.4, -0.2) is 34.5 Å². The van der Waals surface area contributed by atoms with Crippen molar-refractivity contribution in [3.8, 4) is 5.75 Å². The molecule has 27 heavy (non-hydrogen) atoms. The summed E-state index contributed by atoms with van der Waals surface area (Å²) in [5, 5.41) is 29.5. The number of aliphatic hydroxyl groups is 2. The molecule has 0 spiro atoms. The normalized spacial score (nSPS) is 23.3. The van der Waals surface area contributed by atoms with E-state index in [-0.39, 0.29) is 18.4 Å². The molecule has 3 N–H and O–H groups in total. The quantitative estimate of drug-likeness (QED) is 0.472. The Labute approximate surface area is 162 Å². The number of unbranched alkanes of at least 4 members (excludes halogenated alkanes) is 3. The van der Waals surface area contributed by atoms with Gasteiger partial charge in [0.25, 0.3) is 0 Å². The van der Waals surface area contributed by atoms with E-state index in [1.54, 1.807) is 7.11 Å². The summed E-state index contributed by atoms with van der Waals surface area (Å²) in [4.78, 5) is 10.5. The lowest BCUT2D eigenvalue weighted by molar-refractivity contribution is -0.137. The van der Waals surface area contributed by atoms with Crippen molar-refractivity contribution in [1.82, 2.24) is 0 Å². The van der Waals surface area contributed by atoms with Crippen LogP contribution in [-0.2, 0) is 4.79 Å². The summed E-state index contributed by atoms with van der Waals surface area (Å²) in [6.45, 7) is 0. The molecule has 0 heterocycles. The van der Waals surface area contributed by atoms with Crippen LogP contribution in [0.5, 0.6) is 5.75 Å². The molecule has 1 fully saturated rings. The summed E-state index contributed by atoms with van der Waals surface area (Å²) in [5.74, 6) is 0.790. The Morgan fingerprint density at radius 1 is 1.19 bits per heavy atom. The van der Waals surface area contributed by atoms with Crippen molar-refractivity contribution in [3.05, 3.63) is 29.8 Å². The van der Waals surface area contributed by atoms with E-state index in [1.165, 1.54) is 0 Å². The molecular formula is C22H34O5. The van der Waals surface area contributed by atoms with Crippen LogP contribution in [0.1, 0.15) is 75.9 Å². The summed E-state index contributed by atoms with van der Waals surface area (Å²) in [7, 11) is 1.62. The van der Waals surface area contributed by atoms with E-state index in [0.29, 0.717) is 12.3 Å². The van der Waals surface area contributed by atoms with Gasteiger partial charge in [-0.2, -0.15) is 0 Å². The van der Waals surface area contributed by atoms with Gasteiger partial charge in [-0.05, 0) is 61.6 Å². The van der Waals surface area contributed by atoms with Crippen molar-refractivity contribution in [3.63, 3.8) is 0 Å². The molecule has 0 bridgehead atoms. The van der Waals surface area contributed by atoms with E-state index in [2.05, 4.69) is 0 Å². The second kappa shape index (κ2) is 11.3. The zero-order valence-electron chi connectivity index (χ0n) is 16.3. The Morgan fingerprint density at radius 3 is 2.70 bits per heavy atom. The first-order valence-corrected chi connectivity index (χ1v) is 10.2. The van der Waals surface area contributed by atoms with Crippen LogP contribution in [0, 0.1) is 11.8 Å². The molecule has 0 aromatic heterocycles. The second-order valence-corrected chi connectivity index (χ2v) is 7.79. The first-order chi connectivity index (χ1) is 13.0. The van der Waals surface area contributed by atoms with Gasteiger partial charge in [0.1, 0.15) is 5.75 Å². The summed E-state index contributed by atoms with van der Waals surface area (Å²) in [6.07, 6.45) is 7.76. The topological polar surface area (TPSA) is 87.0 Å². The Bertz CT molecular complexity index is 574. The second-order valence-electron chi connectivity index (χ2n) is 7.79. The predicted molar refractivity (Wildman–Crippen MR) is 105 cm³/mol. The Morgan fingerprint density at radius 2 is 1.96 bits per heavy atom. The van der Waals surface area contributed by atoms with Gasteiger partial charge in [0, 0.05) is 6.42 Å². The maximum atomic E-state index is 10.5. The number of carboxylic acids is 1. The molecule has 0 saturated heterocycles. The molecule has 1 aliphatic rings. The lowest BCUT2D eigenvalue weighted by Crippen LogP contribution is -2.20. The van der Waals surface area contributed by atoms with Crippen molar-refractivity contribution in [2.45, 2.75) is 76.4 Å². The Hall–Kier alpha value is -1.59.